The smallest absolute Gasteiger partial charge is 0.133 e. The number of hydrogen-bond acceptors (Lipinski definition) is 4. The van der Waals surface area contributed by atoms with Crippen LogP contribution in [0.2, 0.25) is 0 Å². The van der Waals surface area contributed by atoms with Gasteiger partial charge in [-0.15, -0.1) is 0 Å². The molecule has 4 nitrogen and oxygen atoms in total. The second kappa shape index (κ2) is 8.25. The van der Waals surface area contributed by atoms with Crippen LogP contribution in [0.3, 0.4) is 0 Å². The number of allylic oxidation sites excluding steroid dienone is 1. The molecule has 2 saturated heterocycles. The van der Waals surface area contributed by atoms with Gasteiger partial charge in [0.05, 0.1) is 6.54 Å². The third kappa shape index (κ3) is 5.84. The molecule has 0 aromatic heterocycles. The van der Waals surface area contributed by atoms with Gasteiger partial charge in [0.1, 0.15) is 6.29 Å². The molecule has 2 rings (SSSR count). The maximum absolute atomic E-state index is 10.2. The van der Waals surface area contributed by atoms with Crippen LogP contribution in [0.5, 0.6) is 0 Å². The van der Waals surface area contributed by atoms with Crippen LogP contribution < -0.4 is 5.32 Å². The van der Waals surface area contributed by atoms with Gasteiger partial charge in [-0.25, -0.2) is 0 Å². The molecular formula is C13H25N3O. The highest BCUT2D eigenvalue weighted by Gasteiger charge is 2.14. The van der Waals surface area contributed by atoms with Crippen molar-refractivity contribution in [1.82, 2.24) is 15.1 Å². The van der Waals surface area contributed by atoms with Crippen LogP contribution in [0, 0.1) is 0 Å². The quantitative estimate of drug-likeness (QED) is 0.736. The Labute approximate surface area is 105 Å². The van der Waals surface area contributed by atoms with E-state index in [1.54, 1.807) is 0 Å². The van der Waals surface area contributed by atoms with E-state index >= 15 is 0 Å². The van der Waals surface area contributed by atoms with Crippen molar-refractivity contribution in [3.8, 4) is 0 Å². The van der Waals surface area contributed by atoms with Gasteiger partial charge in [-0.05, 0) is 32.9 Å². The van der Waals surface area contributed by atoms with Crippen LogP contribution >= 0.6 is 0 Å². The van der Waals surface area contributed by atoms with Crippen molar-refractivity contribution < 1.29 is 4.79 Å². The fourth-order valence-electron chi connectivity index (χ4n) is 2.04. The molecule has 98 valence electrons. The molecule has 0 aromatic carbocycles. The number of piperazine rings is 1. The molecule has 2 heterocycles. The zero-order valence-electron chi connectivity index (χ0n) is 11.0. The van der Waals surface area contributed by atoms with Crippen LogP contribution in [-0.2, 0) is 4.79 Å². The lowest BCUT2D eigenvalue weighted by molar-refractivity contribution is -0.109. The average molecular weight is 239 g/mol. The highest BCUT2D eigenvalue weighted by molar-refractivity contribution is 5.51. The minimum absolute atomic E-state index is 0.573. The number of aldehydes is 1. The topological polar surface area (TPSA) is 35.6 Å². The van der Waals surface area contributed by atoms with E-state index in [9.17, 15) is 4.79 Å². The van der Waals surface area contributed by atoms with Crippen LogP contribution in [0.15, 0.2) is 12.3 Å². The second-order valence-electron chi connectivity index (χ2n) is 4.65. The van der Waals surface area contributed by atoms with Gasteiger partial charge in [-0.3, -0.25) is 4.90 Å². The summed E-state index contributed by atoms with van der Waals surface area (Å²) in [7, 11) is 0. The molecule has 0 spiro atoms. The molecule has 0 aromatic rings. The average Bonchev–Trinajstić information content (AvgIpc) is 2.89. The molecule has 1 N–H and O–H groups in total. The Bertz CT molecular complexity index is 223. The first-order chi connectivity index (χ1) is 8.24. The molecular weight excluding hydrogens is 214 g/mol. The minimum Gasteiger partial charge on any atom is -0.373 e. The van der Waals surface area contributed by atoms with Crippen molar-refractivity contribution in [2.24, 2.45) is 0 Å². The summed E-state index contributed by atoms with van der Waals surface area (Å²) in [5.74, 6) is 0. The Hall–Kier alpha value is -0.870. The highest BCUT2D eigenvalue weighted by atomic mass is 16.1. The Morgan fingerprint density at radius 2 is 1.82 bits per heavy atom. The van der Waals surface area contributed by atoms with Gasteiger partial charge in [0.15, 0.2) is 0 Å². The maximum Gasteiger partial charge on any atom is 0.133 e. The van der Waals surface area contributed by atoms with Crippen molar-refractivity contribution in [3.05, 3.63) is 12.3 Å². The fourth-order valence-corrected chi connectivity index (χ4v) is 2.04. The molecule has 4 heteroatoms. The SMILES string of the molecule is C1CCNC1.C=C(C)N1CCN(CC=O)CC1. The molecule has 0 radical (unpaired) electrons. The maximum atomic E-state index is 10.2. The van der Waals surface area contributed by atoms with E-state index in [1.165, 1.54) is 25.9 Å². The van der Waals surface area contributed by atoms with Gasteiger partial charge >= 0.3 is 0 Å². The number of hydrogen-bond donors (Lipinski definition) is 1. The van der Waals surface area contributed by atoms with Gasteiger partial charge < -0.3 is 15.0 Å². The van der Waals surface area contributed by atoms with Crippen LogP contribution in [-0.4, -0.2) is 61.9 Å². The van der Waals surface area contributed by atoms with Crippen molar-refractivity contribution >= 4 is 6.29 Å². The third-order valence-corrected chi connectivity index (χ3v) is 3.20. The molecule has 2 fully saturated rings. The summed E-state index contributed by atoms with van der Waals surface area (Å²) < 4.78 is 0. The van der Waals surface area contributed by atoms with E-state index in [2.05, 4.69) is 21.7 Å². The summed E-state index contributed by atoms with van der Waals surface area (Å²) >= 11 is 0. The molecule has 2 aliphatic rings. The third-order valence-electron chi connectivity index (χ3n) is 3.20. The van der Waals surface area contributed by atoms with E-state index in [1.807, 2.05) is 6.92 Å². The Morgan fingerprint density at radius 1 is 1.24 bits per heavy atom. The van der Waals surface area contributed by atoms with Gasteiger partial charge in [0, 0.05) is 31.9 Å². The second-order valence-corrected chi connectivity index (χ2v) is 4.65. The summed E-state index contributed by atoms with van der Waals surface area (Å²) in [5, 5.41) is 3.22. The molecule has 0 amide bonds. The number of nitrogens with one attached hydrogen (secondary N) is 1. The van der Waals surface area contributed by atoms with E-state index in [4.69, 9.17) is 0 Å². The monoisotopic (exact) mass is 239 g/mol. The molecule has 0 saturated carbocycles. The number of nitrogens with zero attached hydrogens (tertiary/aromatic N) is 2. The first-order valence-corrected chi connectivity index (χ1v) is 6.51. The summed E-state index contributed by atoms with van der Waals surface area (Å²) in [5.41, 5.74) is 1.13. The van der Waals surface area contributed by atoms with Crippen molar-refractivity contribution in [2.75, 3.05) is 45.8 Å². The fraction of sp³-hybridized carbons (Fsp3) is 0.769. The Morgan fingerprint density at radius 3 is 2.18 bits per heavy atom. The van der Waals surface area contributed by atoms with E-state index in [0.29, 0.717) is 6.54 Å². The van der Waals surface area contributed by atoms with Crippen LogP contribution in [0.4, 0.5) is 0 Å². The van der Waals surface area contributed by atoms with Crippen molar-refractivity contribution in [2.45, 2.75) is 19.8 Å². The highest BCUT2D eigenvalue weighted by Crippen LogP contribution is 2.05. The summed E-state index contributed by atoms with van der Waals surface area (Å²) in [6, 6.07) is 0. The van der Waals surface area contributed by atoms with Gasteiger partial charge in [-0.1, -0.05) is 6.58 Å². The van der Waals surface area contributed by atoms with E-state index < -0.39 is 0 Å². The summed E-state index contributed by atoms with van der Waals surface area (Å²) in [4.78, 5) is 14.6. The predicted octanol–water partition coefficient (Wildman–Crippen LogP) is 0.706. The Kier molecular flexibility index (Phi) is 6.89. The molecule has 17 heavy (non-hydrogen) atoms. The molecule has 0 aliphatic carbocycles. The molecule has 2 aliphatic heterocycles. The van der Waals surface area contributed by atoms with Crippen molar-refractivity contribution in [3.63, 3.8) is 0 Å². The van der Waals surface area contributed by atoms with Gasteiger partial charge in [-0.2, -0.15) is 0 Å². The summed E-state index contributed by atoms with van der Waals surface area (Å²) in [6.07, 6.45) is 3.75. The first kappa shape index (κ1) is 14.2. The normalized spacial score (nSPS) is 20.6. The van der Waals surface area contributed by atoms with E-state index in [-0.39, 0.29) is 0 Å². The zero-order valence-corrected chi connectivity index (χ0v) is 11.0. The minimum atomic E-state index is 0.573. The van der Waals surface area contributed by atoms with Gasteiger partial charge in [0.25, 0.3) is 0 Å². The van der Waals surface area contributed by atoms with E-state index in [0.717, 1.165) is 38.2 Å². The lowest BCUT2D eigenvalue weighted by Gasteiger charge is -2.35. The lowest BCUT2D eigenvalue weighted by atomic mass is 10.3. The van der Waals surface area contributed by atoms with Crippen LogP contribution in [0.1, 0.15) is 19.8 Å². The number of carbonyl (C=O) groups excluding carboxylic acids is 1. The predicted molar refractivity (Wildman–Crippen MR) is 71.0 cm³/mol. The zero-order chi connectivity index (χ0) is 12.5. The lowest BCUT2D eigenvalue weighted by Crippen LogP contribution is -2.45. The molecule has 0 bridgehead atoms. The van der Waals surface area contributed by atoms with Crippen molar-refractivity contribution in [1.29, 1.82) is 0 Å². The van der Waals surface area contributed by atoms with Crippen LogP contribution in [0.25, 0.3) is 0 Å². The number of rotatable bonds is 3. The summed E-state index contributed by atoms with van der Waals surface area (Å²) in [6.45, 7) is 12.9. The standard InChI is InChI=1S/C9H16N2O.C4H9N/c1-9(2)11-5-3-10(4-6-11)7-8-12;1-2-4-5-3-1/h8H,1,3-7H2,2H3;5H,1-4H2. The molecule has 0 unspecified atom stereocenters. The Balaban J connectivity index is 0.000000239. The first-order valence-electron chi connectivity index (χ1n) is 6.51. The molecule has 0 atom stereocenters. The largest absolute Gasteiger partial charge is 0.373 e. The number of carbonyl (C=O) groups is 1. The van der Waals surface area contributed by atoms with Gasteiger partial charge in [0.2, 0.25) is 0 Å².